The maximum Gasteiger partial charge on any atom is 0.337 e. The summed E-state index contributed by atoms with van der Waals surface area (Å²) in [5.41, 5.74) is 2.04. The fourth-order valence-electron chi connectivity index (χ4n) is 1.38. The first kappa shape index (κ1) is 12.6. The fourth-order valence-corrected chi connectivity index (χ4v) is 2.52. The third-order valence-corrected chi connectivity index (χ3v) is 3.94. The van der Waals surface area contributed by atoms with Crippen molar-refractivity contribution in [3.8, 4) is 0 Å². The molecule has 0 aliphatic rings. The molecule has 15 heavy (non-hydrogen) atoms. The summed E-state index contributed by atoms with van der Waals surface area (Å²) < 4.78 is 0.758. The monoisotopic (exact) mass is 339 g/mol. The predicted molar refractivity (Wildman–Crippen MR) is 70.1 cm³/mol. The van der Waals surface area contributed by atoms with Crippen LogP contribution in [-0.2, 0) is 6.42 Å². The zero-order valence-electron chi connectivity index (χ0n) is 8.40. The van der Waals surface area contributed by atoms with Gasteiger partial charge in [-0.3, -0.25) is 0 Å². The molecule has 1 rings (SSSR count). The number of carboxylic acid groups (broad SMARTS) is 1. The Kier molecular flexibility index (Phi) is 4.21. The number of carbonyl (C=O) groups is 1. The molecule has 0 unspecified atom stereocenters. The molecule has 2 N–H and O–H groups in total. The SMILES string of the molecule is CCc1cc(C(=O)O)c(Cl)c(I)c1NC. The highest BCUT2D eigenvalue weighted by Gasteiger charge is 2.17. The van der Waals surface area contributed by atoms with E-state index >= 15 is 0 Å². The minimum absolute atomic E-state index is 0.164. The minimum Gasteiger partial charge on any atom is -0.478 e. The molecule has 0 heterocycles. The van der Waals surface area contributed by atoms with Gasteiger partial charge in [-0.15, -0.1) is 0 Å². The Morgan fingerprint density at radius 1 is 1.67 bits per heavy atom. The maximum atomic E-state index is 10.9. The summed E-state index contributed by atoms with van der Waals surface area (Å²) in [5, 5.41) is 12.3. The number of aromatic carboxylic acids is 1. The molecule has 0 aliphatic heterocycles. The summed E-state index contributed by atoms with van der Waals surface area (Å²) in [6.45, 7) is 1.98. The fraction of sp³-hybridized carbons (Fsp3) is 0.300. The zero-order chi connectivity index (χ0) is 11.6. The molecule has 0 aliphatic carbocycles. The standard InChI is InChI=1S/C10H11ClINO2/c1-3-5-4-6(10(14)15)7(11)8(12)9(5)13-2/h4,13H,3H2,1-2H3,(H,14,15). The topological polar surface area (TPSA) is 49.3 Å². The molecule has 0 saturated heterocycles. The number of anilines is 1. The molecule has 0 radical (unpaired) electrons. The largest absolute Gasteiger partial charge is 0.478 e. The van der Waals surface area contributed by atoms with Crippen LogP contribution in [0.25, 0.3) is 0 Å². The first-order valence-corrected chi connectivity index (χ1v) is 5.90. The van der Waals surface area contributed by atoms with E-state index in [0.717, 1.165) is 21.2 Å². The first-order chi connectivity index (χ1) is 7.02. The van der Waals surface area contributed by atoms with Crippen LogP contribution in [0.2, 0.25) is 5.02 Å². The number of nitrogens with one attached hydrogen (secondary N) is 1. The molecule has 0 fully saturated rings. The van der Waals surface area contributed by atoms with Crippen molar-refractivity contribution in [3.05, 3.63) is 25.8 Å². The van der Waals surface area contributed by atoms with Crippen LogP contribution in [0.3, 0.4) is 0 Å². The molecule has 0 aromatic heterocycles. The van der Waals surface area contributed by atoms with Gasteiger partial charge in [0.25, 0.3) is 0 Å². The highest BCUT2D eigenvalue weighted by Crippen LogP contribution is 2.33. The molecule has 1 aromatic rings. The van der Waals surface area contributed by atoms with Crippen LogP contribution in [0.1, 0.15) is 22.8 Å². The molecule has 0 atom stereocenters. The van der Waals surface area contributed by atoms with Crippen molar-refractivity contribution in [1.29, 1.82) is 0 Å². The lowest BCUT2D eigenvalue weighted by Gasteiger charge is -2.13. The molecule has 0 saturated carbocycles. The Balaban J connectivity index is 3.49. The van der Waals surface area contributed by atoms with Crippen LogP contribution in [0.15, 0.2) is 6.07 Å². The van der Waals surface area contributed by atoms with Gasteiger partial charge in [-0.05, 0) is 40.6 Å². The lowest BCUT2D eigenvalue weighted by molar-refractivity contribution is 0.0697. The van der Waals surface area contributed by atoms with Gasteiger partial charge in [-0.2, -0.15) is 0 Å². The van der Waals surface area contributed by atoms with Crippen LogP contribution in [-0.4, -0.2) is 18.1 Å². The lowest BCUT2D eigenvalue weighted by Crippen LogP contribution is -2.05. The second-order valence-electron chi connectivity index (χ2n) is 2.99. The molecule has 5 heteroatoms. The third kappa shape index (κ3) is 2.36. The van der Waals surface area contributed by atoms with Crippen molar-refractivity contribution in [2.75, 3.05) is 12.4 Å². The molecule has 1 aromatic carbocycles. The zero-order valence-corrected chi connectivity index (χ0v) is 11.3. The number of rotatable bonds is 3. The van der Waals surface area contributed by atoms with Gasteiger partial charge in [-0.1, -0.05) is 18.5 Å². The van der Waals surface area contributed by atoms with Gasteiger partial charge in [0.1, 0.15) is 0 Å². The smallest absolute Gasteiger partial charge is 0.337 e. The summed E-state index contributed by atoms with van der Waals surface area (Å²) in [4.78, 5) is 10.9. The Labute approximate surface area is 107 Å². The normalized spacial score (nSPS) is 10.1. The van der Waals surface area contributed by atoms with Crippen LogP contribution >= 0.6 is 34.2 Å². The van der Waals surface area contributed by atoms with Crippen molar-refractivity contribution in [1.82, 2.24) is 0 Å². The van der Waals surface area contributed by atoms with E-state index in [4.69, 9.17) is 16.7 Å². The van der Waals surface area contributed by atoms with Crippen LogP contribution in [0, 0.1) is 3.57 Å². The van der Waals surface area contributed by atoms with E-state index < -0.39 is 5.97 Å². The number of hydrogen-bond donors (Lipinski definition) is 2. The second-order valence-corrected chi connectivity index (χ2v) is 4.45. The summed E-state index contributed by atoms with van der Waals surface area (Å²) in [6, 6.07) is 1.62. The van der Waals surface area contributed by atoms with Gasteiger partial charge in [0, 0.05) is 7.05 Å². The quantitative estimate of drug-likeness (QED) is 0.831. The second kappa shape index (κ2) is 5.03. The maximum absolute atomic E-state index is 10.9. The van der Waals surface area contributed by atoms with Gasteiger partial charge in [0.2, 0.25) is 0 Å². The third-order valence-electron chi connectivity index (χ3n) is 2.15. The van der Waals surface area contributed by atoms with Gasteiger partial charge in [0.05, 0.1) is 19.8 Å². The summed E-state index contributed by atoms with van der Waals surface area (Å²) in [5.74, 6) is -0.990. The van der Waals surface area contributed by atoms with E-state index in [9.17, 15) is 4.79 Å². The lowest BCUT2D eigenvalue weighted by atomic mass is 10.1. The summed E-state index contributed by atoms with van der Waals surface area (Å²) in [6.07, 6.45) is 0.767. The van der Waals surface area contributed by atoms with E-state index in [2.05, 4.69) is 27.9 Å². The van der Waals surface area contributed by atoms with Crippen molar-refractivity contribution in [3.63, 3.8) is 0 Å². The number of halogens is 2. The van der Waals surface area contributed by atoms with Gasteiger partial charge in [0.15, 0.2) is 0 Å². The number of hydrogen-bond acceptors (Lipinski definition) is 2. The Hall–Kier alpha value is -0.490. The first-order valence-electron chi connectivity index (χ1n) is 4.44. The number of aryl methyl sites for hydroxylation is 1. The Morgan fingerprint density at radius 3 is 2.67 bits per heavy atom. The average molecular weight is 340 g/mol. The number of benzene rings is 1. The highest BCUT2D eigenvalue weighted by molar-refractivity contribution is 14.1. The summed E-state index contributed by atoms with van der Waals surface area (Å²) >= 11 is 8.03. The summed E-state index contributed by atoms with van der Waals surface area (Å²) in [7, 11) is 1.80. The predicted octanol–water partition coefficient (Wildman–Crippen LogP) is 3.25. The average Bonchev–Trinajstić information content (AvgIpc) is 2.21. The van der Waals surface area contributed by atoms with Crippen molar-refractivity contribution in [2.24, 2.45) is 0 Å². The Morgan fingerprint density at radius 2 is 2.27 bits per heavy atom. The van der Waals surface area contributed by atoms with E-state index in [0.29, 0.717) is 5.02 Å². The van der Waals surface area contributed by atoms with Gasteiger partial charge >= 0.3 is 5.97 Å². The van der Waals surface area contributed by atoms with Crippen molar-refractivity contribution >= 4 is 45.8 Å². The van der Waals surface area contributed by atoms with Crippen LogP contribution in [0.4, 0.5) is 5.69 Å². The van der Waals surface area contributed by atoms with Gasteiger partial charge in [-0.25, -0.2) is 4.79 Å². The van der Waals surface area contributed by atoms with Crippen molar-refractivity contribution in [2.45, 2.75) is 13.3 Å². The van der Waals surface area contributed by atoms with E-state index in [-0.39, 0.29) is 5.56 Å². The van der Waals surface area contributed by atoms with E-state index in [1.807, 2.05) is 6.92 Å². The van der Waals surface area contributed by atoms with Crippen LogP contribution < -0.4 is 5.32 Å². The molecule has 0 spiro atoms. The van der Waals surface area contributed by atoms with Gasteiger partial charge < -0.3 is 10.4 Å². The highest BCUT2D eigenvalue weighted by atomic mass is 127. The molecular weight excluding hydrogens is 328 g/mol. The van der Waals surface area contributed by atoms with E-state index in [1.54, 1.807) is 13.1 Å². The minimum atomic E-state index is -0.990. The Bertz CT molecular complexity index is 407. The van der Waals surface area contributed by atoms with Crippen LogP contribution in [0.5, 0.6) is 0 Å². The number of carboxylic acids is 1. The van der Waals surface area contributed by atoms with Crippen molar-refractivity contribution < 1.29 is 9.90 Å². The van der Waals surface area contributed by atoms with E-state index in [1.165, 1.54) is 0 Å². The molecular formula is C10H11ClINO2. The molecule has 0 bridgehead atoms. The molecule has 82 valence electrons. The molecule has 0 amide bonds. The molecule has 3 nitrogen and oxygen atoms in total.